The third-order valence-electron chi connectivity index (χ3n) is 2.91. The number of benzene rings is 1. The van der Waals surface area contributed by atoms with Gasteiger partial charge in [0, 0.05) is 23.6 Å². The van der Waals surface area contributed by atoms with Gasteiger partial charge in [0.15, 0.2) is 0 Å². The summed E-state index contributed by atoms with van der Waals surface area (Å²) in [6, 6.07) is 5.39. The Morgan fingerprint density at radius 2 is 2.29 bits per heavy atom. The molecule has 5 heteroatoms. The maximum Gasteiger partial charge on any atom is 0.255 e. The first-order valence-electron chi connectivity index (χ1n) is 5.58. The Kier molecular flexibility index (Phi) is 4.07. The number of nitrogens with zero attached hydrogens (tertiary/aromatic N) is 1. The lowest BCUT2D eigenvalue weighted by molar-refractivity contribution is 0.0709. The summed E-state index contributed by atoms with van der Waals surface area (Å²) < 4.78 is 0.870. The van der Waals surface area contributed by atoms with Gasteiger partial charge in [-0.2, -0.15) is 0 Å². The maximum absolute atomic E-state index is 12.2. The van der Waals surface area contributed by atoms with Crippen LogP contribution >= 0.6 is 27.5 Å². The van der Waals surface area contributed by atoms with E-state index in [1.165, 1.54) is 0 Å². The van der Waals surface area contributed by atoms with E-state index in [4.69, 9.17) is 17.3 Å². The molecule has 17 heavy (non-hydrogen) atoms. The maximum atomic E-state index is 12.2. The summed E-state index contributed by atoms with van der Waals surface area (Å²) in [5, 5.41) is 0.475. The van der Waals surface area contributed by atoms with Crippen LogP contribution in [0.15, 0.2) is 22.7 Å². The fraction of sp³-hybridized carbons (Fsp3) is 0.417. The fourth-order valence-electron chi connectivity index (χ4n) is 2.03. The Morgan fingerprint density at radius 3 is 2.94 bits per heavy atom. The van der Waals surface area contributed by atoms with Crippen molar-refractivity contribution in [3.63, 3.8) is 0 Å². The quantitative estimate of drug-likeness (QED) is 0.865. The van der Waals surface area contributed by atoms with Crippen LogP contribution in [0.5, 0.6) is 0 Å². The molecule has 1 heterocycles. The second-order valence-electron chi connectivity index (χ2n) is 4.28. The summed E-state index contributed by atoms with van der Waals surface area (Å²) >= 11 is 9.39. The molecule has 0 radical (unpaired) electrons. The van der Waals surface area contributed by atoms with Crippen LogP contribution < -0.4 is 5.73 Å². The van der Waals surface area contributed by atoms with Gasteiger partial charge >= 0.3 is 0 Å². The minimum atomic E-state index is -0.0300. The molecule has 3 nitrogen and oxygen atoms in total. The van der Waals surface area contributed by atoms with Gasteiger partial charge in [0.25, 0.3) is 5.91 Å². The highest BCUT2D eigenvalue weighted by atomic mass is 79.9. The molecule has 1 aliphatic heterocycles. The van der Waals surface area contributed by atoms with E-state index >= 15 is 0 Å². The number of amides is 1. The number of likely N-dealkylation sites (tertiary alicyclic amines) is 1. The van der Waals surface area contributed by atoms with E-state index in [1.807, 2.05) is 6.07 Å². The van der Waals surface area contributed by atoms with Gasteiger partial charge in [-0.05, 0) is 31.0 Å². The summed E-state index contributed by atoms with van der Waals surface area (Å²) in [5.41, 5.74) is 6.41. The summed E-state index contributed by atoms with van der Waals surface area (Å²) in [6.07, 6.45) is 1.94. The number of piperidine rings is 1. The summed E-state index contributed by atoms with van der Waals surface area (Å²) in [7, 11) is 0. The predicted octanol–water partition coefficient (Wildman–Crippen LogP) is 2.67. The van der Waals surface area contributed by atoms with Crippen LogP contribution in [0.25, 0.3) is 0 Å². The Bertz CT molecular complexity index is 439. The van der Waals surface area contributed by atoms with Gasteiger partial charge in [0.2, 0.25) is 0 Å². The highest BCUT2D eigenvalue weighted by molar-refractivity contribution is 9.10. The van der Waals surface area contributed by atoms with E-state index in [9.17, 15) is 4.79 Å². The van der Waals surface area contributed by atoms with Gasteiger partial charge in [0.05, 0.1) is 10.6 Å². The van der Waals surface area contributed by atoms with Crippen LogP contribution in [0.1, 0.15) is 23.2 Å². The summed E-state index contributed by atoms with van der Waals surface area (Å²) in [6.45, 7) is 1.38. The number of carbonyl (C=O) groups is 1. The van der Waals surface area contributed by atoms with Crippen molar-refractivity contribution in [1.82, 2.24) is 4.90 Å². The summed E-state index contributed by atoms with van der Waals surface area (Å²) in [4.78, 5) is 14.0. The SMILES string of the molecule is NC1CCCN(C(=O)c2ccc(Br)cc2Cl)C1. The molecule has 1 aliphatic rings. The fourth-order valence-corrected chi connectivity index (χ4v) is 2.78. The zero-order valence-electron chi connectivity index (χ0n) is 9.33. The predicted molar refractivity (Wildman–Crippen MR) is 72.3 cm³/mol. The molecular formula is C12H14BrClN2O. The van der Waals surface area contributed by atoms with Crippen molar-refractivity contribution >= 4 is 33.4 Å². The Morgan fingerprint density at radius 1 is 1.53 bits per heavy atom. The average Bonchev–Trinajstić information content (AvgIpc) is 2.28. The van der Waals surface area contributed by atoms with Gasteiger partial charge in [-0.25, -0.2) is 0 Å². The minimum absolute atomic E-state index is 0.0300. The first-order valence-corrected chi connectivity index (χ1v) is 6.75. The number of hydrogen-bond acceptors (Lipinski definition) is 2. The lowest BCUT2D eigenvalue weighted by Crippen LogP contribution is -2.45. The molecule has 1 aromatic carbocycles. The van der Waals surface area contributed by atoms with Crippen molar-refractivity contribution in [2.24, 2.45) is 5.73 Å². The largest absolute Gasteiger partial charge is 0.337 e. The number of halogens is 2. The number of nitrogens with two attached hydrogens (primary N) is 1. The molecule has 0 aromatic heterocycles. The molecule has 1 amide bonds. The molecule has 1 saturated heterocycles. The Labute approximate surface area is 114 Å². The van der Waals surface area contributed by atoms with E-state index in [1.54, 1.807) is 17.0 Å². The van der Waals surface area contributed by atoms with E-state index in [0.29, 0.717) is 17.1 Å². The van der Waals surface area contributed by atoms with Gasteiger partial charge in [0.1, 0.15) is 0 Å². The normalized spacial score (nSPS) is 20.4. The van der Waals surface area contributed by atoms with E-state index in [2.05, 4.69) is 15.9 Å². The van der Waals surface area contributed by atoms with Crippen molar-refractivity contribution in [1.29, 1.82) is 0 Å². The van der Waals surface area contributed by atoms with Gasteiger partial charge in [-0.3, -0.25) is 4.79 Å². The van der Waals surface area contributed by atoms with Crippen molar-refractivity contribution in [2.45, 2.75) is 18.9 Å². The molecule has 1 atom stereocenters. The highest BCUT2D eigenvalue weighted by Crippen LogP contribution is 2.23. The molecule has 1 aromatic rings. The Hall–Kier alpha value is -0.580. The second kappa shape index (κ2) is 5.38. The monoisotopic (exact) mass is 316 g/mol. The molecule has 1 fully saturated rings. The van der Waals surface area contributed by atoms with Crippen LogP contribution in [-0.2, 0) is 0 Å². The molecule has 0 spiro atoms. The van der Waals surface area contributed by atoms with Crippen LogP contribution in [0, 0.1) is 0 Å². The van der Waals surface area contributed by atoms with Crippen molar-refractivity contribution in [2.75, 3.05) is 13.1 Å². The molecule has 2 rings (SSSR count). The van der Waals surface area contributed by atoms with E-state index < -0.39 is 0 Å². The van der Waals surface area contributed by atoms with Gasteiger partial charge < -0.3 is 10.6 Å². The van der Waals surface area contributed by atoms with E-state index in [-0.39, 0.29) is 11.9 Å². The third kappa shape index (κ3) is 3.00. The third-order valence-corrected chi connectivity index (χ3v) is 3.71. The van der Waals surface area contributed by atoms with Crippen LogP contribution in [0.3, 0.4) is 0 Å². The minimum Gasteiger partial charge on any atom is -0.337 e. The number of rotatable bonds is 1. The lowest BCUT2D eigenvalue weighted by Gasteiger charge is -2.31. The molecule has 0 saturated carbocycles. The van der Waals surface area contributed by atoms with E-state index in [0.717, 1.165) is 23.9 Å². The molecular weight excluding hydrogens is 304 g/mol. The van der Waals surface area contributed by atoms with Crippen LogP contribution in [-0.4, -0.2) is 29.9 Å². The van der Waals surface area contributed by atoms with Crippen LogP contribution in [0.2, 0.25) is 5.02 Å². The highest BCUT2D eigenvalue weighted by Gasteiger charge is 2.23. The van der Waals surface area contributed by atoms with Gasteiger partial charge in [-0.1, -0.05) is 27.5 Å². The zero-order valence-corrected chi connectivity index (χ0v) is 11.7. The summed E-state index contributed by atoms with van der Waals surface area (Å²) in [5.74, 6) is -0.0300. The number of carbonyl (C=O) groups excluding carboxylic acids is 1. The second-order valence-corrected chi connectivity index (χ2v) is 5.60. The van der Waals surface area contributed by atoms with Crippen molar-refractivity contribution < 1.29 is 4.79 Å². The molecule has 0 aliphatic carbocycles. The standard InChI is InChI=1S/C12H14BrClN2O/c13-8-3-4-10(11(14)6-8)12(17)16-5-1-2-9(15)7-16/h3-4,6,9H,1-2,5,7,15H2. The first kappa shape index (κ1) is 12.9. The van der Waals surface area contributed by atoms with Crippen molar-refractivity contribution in [3.05, 3.63) is 33.3 Å². The molecule has 1 unspecified atom stereocenters. The number of hydrogen-bond donors (Lipinski definition) is 1. The molecule has 92 valence electrons. The smallest absolute Gasteiger partial charge is 0.255 e. The molecule has 2 N–H and O–H groups in total. The lowest BCUT2D eigenvalue weighted by atomic mass is 10.1. The molecule has 0 bridgehead atoms. The Balaban J connectivity index is 2.18. The van der Waals surface area contributed by atoms with Crippen LogP contribution in [0.4, 0.5) is 0 Å². The average molecular weight is 318 g/mol. The zero-order chi connectivity index (χ0) is 12.4. The van der Waals surface area contributed by atoms with Crippen molar-refractivity contribution in [3.8, 4) is 0 Å². The topological polar surface area (TPSA) is 46.3 Å². The van der Waals surface area contributed by atoms with Gasteiger partial charge in [-0.15, -0.1) is 0 Å². The first-order chi connectivity index (χ1) is 8.08.